The molecule has 0 aliphatic carbocycles. The smallest absolute Gasteiger partial charge is 0.151 e. The van der Waals surface area contributed by atoms with Gasteiger partial charge in [0.15, 0.2) is 11.6 Å². The van der Waals surface area contributed by atoms with Crippen molar-refractivity contribution in [1.82, 2.24) is 0 Å². The summed E-state index contributed by atoms with van der Waals surface area (Å²) in [5.41, 5.74) is 5.84. The van der Waals surface area contributed by atoms with E-state index in [4.69, 9.17) is 10.5 Å². The van der Waals surface area contributed by atoms with E-state index in [2.05, 4.69) is 0 Å². The number of nitrogens with two attached hydrogens (primary N) is 1. The zero-order valence-corrected chi connectivity index (χ0v) is 10.7. The number of hydrogen-bond acceptors (Lipinski definition) is 3. The molecule has 0 heterocycles. The number of nitrogen functional groups attached to an aromatic ring is 1. The number of ether oxygens (including phenoxy) is 1. The maximum Gasteiger partial charge on any atom is 0.151 e. The van der Waals surface area contributed by atoms with Crippen LogP contribution in [0.3, 0.4) is 0 Å². The first-order valence-corrected chi connectivity index (χ1v) is 5.66. The highest BCUT2D eigenvalue weighted by atomic mass is 19.1. The van der Waals surface area contributed by atoms with Crippen molar-refractivity contribution < 1.29 is 13.5 Å². The minimum atomic E-state index is -0.717. The number of anilines is 3. The van der Waals surface area contributed by atoms with Gasteiger partial charge >= 0.3 is 0 Å². The number of rotatable bonds is 3. The zero-order chi connectivity index (χ0) is 14.0. The van der Waals surface area contributed by atoms with Gasteiger partial charge in [0.2, 0.25) is 0 Å². The molecule has 0 bridgehead atoms. The third-order valence-electron chi connectivity index (χ3n) is 2.82. The Morgan fingerprint density at radius 3 is 2.26 bits per heavy atom. The van der Waals surface area contributed by atoms with Crippen molar-refractivity contribution >= 4 is 17.1 Å². The van der Waals surface area contributed by atoms with Crippen LogP contribution in [0.4, 0.5) is 25.8 Å². The first-order chi connectivity index (χ1) is 9.04. The van der Waals surface area contributed by atoms with E-state index >= 15 is 0 Å². The van der Waals surface area contributed by atoms with Crippen LogP contribution in [-0.2, 0) is 0 Å². The van der Waals surface area contributed by atoms with E-state index in [1.165, 1.54) is 12.0 Å². The first-order valence-electron chi connectivity index (χ1n) is 5.66. The second kappa shape index (κ2) is 5.14. The SMILES string of the molecule is COc1ccccc1N(C)c1c(F)cc(N)cc1F. The summed E-state index contributed by atoms with van der Waals surface area (Å²) < 4.78 is 32.9. The quantitative estimate of drug-likeness (QED) is 0.864. The van der Waals surface area contributed by atoms with Gasteiger partial charge in [0.05, 0.1) is 12.8 Å². The Morgan fingerprint density at radius 1 is 1.11 bits per heavy atom. The standard InChI is InChI=1S/C14H14F2N2O/c1-18(12-5-3-4-6-13(12)19-2)14-10(15)7-9(17)8-11(14)16/h3-8H,17H2,1-2H3. The van der Waals surface area contributed by atoms with Crippen molar-refractivity contribution in [1.29, 1.82) is 0 Å². The zero-order valence-electron chi connectivity index (χ0n) is 10.7. The van der Waals surface area contributed by atoms with Gasteiger partial charge in [-0.1, -0.05) is 12.1 Å². The molecule has 0 aliphatic rings. The lowest BCUT2D eigenvalue weighted by atomic mass is 10.2. The Labute approximate surface area is 110 Å². The van der Waals surface area contributed by atoms with Crippen LogP contribution in [0.25, 0.3) is 0 Å². The third-order valence-corrected chi connectivity index (χ3v) is 2.82. The molecule has 5 heteroatoms. The van der Waals surface area contributed by atoms with Crippen LogP contribution in [0.15, 0.2) is 36.4 Å². The van der Waals surface area contributed by atoms with Crippen molar-refractivity contribution in [2.75, 3.05) is 24.8 Å². The molecule has 2 N–H and O–H groups in total. The predicted octanol–water partition coefficient (Wildman–Crippen LogP) is 3.32. The van der Waals surface area contributed by atoms with Crippen molar-refractivity contribution in [3.05, 3.63) is 48.0 Å². The molecule has 0 aromatic heterocycles. The largest absolute Gasteiger partial charge is 0.495 e. The average molecular weight is 264 g/mol. The summed E-state index contributed by atoms with van der Waals surface area (Å²) in [5, 5.41) is 0. The lowest BCUT2D eigenvalue weighted by molar-refractivity contribution is 0.415. The Balaban J connectivity index is 2.53. The van der Waals surface area contributed by atoms with Crippen LogP contribution in [0.5, 0.6) is 5.75 Å². The number of nitrogens with zero attached hydrogens (tertiary/aromatic N) is 1. The molecule has 0 fully saturated rings. The van der Waals surface area contributed by atoms with Gasteiger partial charge in [0.1, 0.15) is 11.4 Å². The molecule has 0 unspecified atom stereocenters. The maximum atomic E-state index is 13.9. The number of halogens is 2. The lowest BCUT2D eigenvalue weighted by Gasteiger charge is -2.23. The monoisotopic (exact) mass is 264 g/mol. The van der Waals surface area contributed by atoms with Crippen LogP contribution in [0, 0.1) is 11.6 Å². The average Bonchev–Trinajstić information content (AvgIpc) is 2.37. The van der Waals surface area contributed by atoms with Crippen molar-refractivity contribution in [3.8, 4) is 5.75 Å². The molecule has 3 nitrogen and oxygen atoms in total. The molecule has 0 saturated carbocycles. The highest BCUT2D eigenvalue weighted by Crippen LogP contribution is 2.35. The van der Waals surface area contributed by atoms with Gasteiger partial charge in [0, 0.05) is 12.7 Å². The molecule has 0 aliphatic heterocycles. The third kappa shape index (κ3) is 2.45. The predicted molar refractivity (Wildman–Crippen MR) is 71.8 cm³/mol. The van der Waals surface area contributed by atoms with Gasteiger partial charge < -0.3 is 15.4 Å². The highest BCUT2D eigenvalue weighted by Gasteiger charge is 2.18. The minimum Gasteiger partial charge on any atom is -0.495 e. The Hall–Kier alpha value is -2.30. The second-order valence-electron chi connectivity index (χ2n) is 4.06. The molecule has 0 atom stereocenters. The molecule has 0 radical (unpaired) electrons. The normalized spacial score (nSPS) is 10.3. The van der Waals surface area contributed by atoms with Crippen LogP contribution in [0.2, 0.25) is 0 Å². The number of benzene rings is 2. The van der Waals surface area contributed by atoms with Crippen LogP contribution < -0.4 is 15.4 Å². The Kier molecular flexibility index (Phi) is 3.55. The van der Waals surface area contributed by atoms with Crippen molar-refractivity contribution in [3.63, 3.8) is 0 Å². The van der Waals surface area contributed by atoms with E-state index in [1.54, 1.807) is 31.3 Å². The van der Waals surface area contributed by atoms with Crippen molar-refractivity contribution in [2.45, 2.75) is 0 Å². The summed E-state index contributed by atoms with van der Waals surface area (Å²) in [7, 11) is 3.07. The number of methoxy groups -OCH3 is 1. The fourth-order valence-electron chi connectivity index (χ4n) is 1.93. The van der Waals surface area contributed by atoms with Crippen molar-refractivity contribution in [2.24, 2.45) is 0 Å². The number of hydrogen-bond donors (Lipinski definition) is 1. The van der Waals surface area contributed by atoms with Gasteiger partial charge in [-0.05, 0) is 24.3 Å². The molecule has 0 amide bonds. The van der Waals surface area contributed by atoms with E-state index < -0.39 is 11.6 Å². The molecule has 2 aromatic rings. The summed E-state index contributed by atoms with van der Waals surface area (Å²) in [5.74, 6) is -0.905. The highest BCUT2D eigenvalue weighted by molar-refractivity contribution is 5.70. The number of para-hydroxylation sites is 2. The minimum absolute atomic E-state index is 0.0483. The van der Waals surface area contributed by atoms with Gasteiger partial charge in [0.25, 0.3) is 0 Å². The van der Waals surface area contributed by atoms with Crippen LogP contribution >= 0.6 is 0 Å². The van der Waals surface area contributed by atoms with Gasteiger partial charge in [-0.25, -0.2) is 8.78 Å². The van der Waals surface area contributed by atoms with E-state index in [0.717, 1.165) is 12.1 Å². The summed E-state index contributed by atoms with van der Waals surface area (Å²) >= 11 is 0. The second-order valence-corrected chi connectivity index (χ2v) is 4.06. The topological polar surface area (TPSA) is 38.5 Å². The Bertz CT molecular complexity index is 579. The fourth-order valence-corrected chi connectivity index (χ4v) is 1.93. The van der Waals surface area contributed by atoms with E-state index in [0.29, 0.717) is 11.4 Å². The Morgan fingerprint density at radius 2 is 1.68 bits per heavy atom. The van der Waals surface area contributed by atoms with E-state index in [9.17, 15) is 8.78 Å². The van der Waals surface area contributed by atoms with E-state index in [1.807, 2.05) is 0 Å². The lowest BCUT2D eigenvalue weighted by Crippen LogP contribution is -2.14. The molecular weight excluding hydrogens is 250 g/mol. The first kappa shape index (κ1) is 13.1. The molecular formula is C14H14F2N2O. The van der Waals surface area contributed by atoms with Gasteiger partial charge in [-0.3, -0.25) is 0 Å². The maximum absolute atomic E-state index is 13.9. The van der Waals surface area contributed by atoms with Gasteiger partial charge in [-0.15, -0.1) is 0 Å². The van der Waals surface area contributed by atoms with E-state index in [-0.39, 0.29) is 11.4 Å². The molecule has 0 spiro atoms. The summed E-state index contributed by atoms with van der Waals surface area (Å²) in [4.78, 5) is 1.39. The molecule has 0 saturated heterocycles. The molecule has 2 aromatic carbocycles. The van der Waals surface area contributed by atoms with Crippen LogP contribution in [-0.4, -0.2) is 14.2 Å². The van der Waals surface area contributed by atoms with Crippen LogP contribution in [0.1, 0.15) is 0 Å². The molecule has 100 valence electrons. The molecule has 19 heavy (non-hydrogen) atoms. The summed E-state index contributed by atoms with van der Waals surface area (Å²) in [6, 6.07) is 9.16. The molecule has 2 rings (SSSR count). The summed E-state index contributed by atoms with van der Waals surface area (Å²) in [6.07, 6.45) is 0. The fraction of sp³-hybridized carbons (Fsp3) is 0.143. The summed E-state index contributed by atoms with van der Waals surface area (Å²) in [6.45, 7) is 0. The van der Waals surface area contributed by atoms with Gasteiger partial charge in [-0.2, -0.15) is 0 Å².